The molecule has 0 spiro atoms. The summed E-state index contributed by atoms with van der Waals surface area (Å²) in [5, 5.41) is 3.13. The van der Waals surface area contributed by atoms with Gasteiger partial charge in [-0.3, -0.25) is 0 Å². The standard InChI is InChI=1S/C17H20BrNO2/c1-3-10-20-14-5-7-15(8-6-14)21-17-9-4-13(12-19-2)11-16(17)18/h4-9,11,19H,3,10,12H2,1-2H3. The van der Waals surface area contributed by atoms with Crippen molar-refractivity contribution in [2.75, 3.05) is 13.7 Å². The fraction of sp³-hybridized carbons (Fsp3) is 0.294. The summed E-state index contributed by atoms with van der Waals surface area (Å²) >= 11 is 3.55. The van der Waals surface area contributed by atoms with Gasteiger partial charge in [0.25, 0.3) is 0 Å². The molecule has 0 atom stereocenters. The minimum atomic E-state index is 0.735. The molecular weight excluding hydrogens is 330 g/mol. The summed E-state index contributed by atoms with van der Waals surface area (Å²) in [6.45, 7) is 3.66. The fourth-order valence-electron chi connectivity index (χ4n) is 1.89. The third kappa shape index (κ3) is 4.76. The van der Waals surface area contributed by atoms with Crippen LogP contribution in [0.3, 0.4) is 0 Å². The molecule has 0 aliphatic rings. The van der Waals surface area contributed by atoms with Gasteiger partial charge in [0.05, 0.1) is 11.1 Å². The van der Waals surface area contributed by atoms with E-state index in [1.807, 2.05) is 37.4 Å². The lowest BCUT2D eigenvalue weighted by Gasteiger charge is -2.10. The van der Waals surface area contributed by atoms with Crippen LogP contribution in [-0.2, 0) is 6.54 Å². The Hall–Kier alpha value is -1.52. The Labute approximate surface area is 134 Å². The zero-order valence-electron chi connectivity index (χ0n) is 12.4. The first-order chi connectivity index (χ1) is 10.2. The summed E-state index contributed by atoms with van der Waals surface area (Å²) < 4.78 is 12.4. The summed E-state index contributed by atoms with van der Waals surface area (Å²) in [7, 11) is 1.93. The number of hydrogen-bond donors (Lipinski definition) is 1. The van der Waals surface area contributed by atoms with Gasteiger partial charge in [0.15, 0.2) is 0 Å². The van der Waals surface area contributed by atoms with E-state index in [1.165, 1.54) is 5.56 Å². The van der Waals surface area contributed by atoms with E-state index in [4.69, 9.17) is 9.47 Å². The van der Waals surface area contributed by atoms with E-state index in [0.717, 1.165) is 41.3 Å². The highest BCUT2D eigenvalue weighted by Crippen LogP contribution is 2.31. The van der Waals surface area contributed by atoms with Gasteiger partial charge in [-0.05, 0) is 71.4 Å². The first kappa shape index (κ1) is 15.9. The molecule has 1 N–H and O–H groups in total. The van der Waals surface area contributed by atoms with Crippen LogP contribution in [0, 0.1) is 0 Å². The predicted molar refractivity (Wildman–Crippen MR) is 89.2 cm³/mol. The molecule has 0 heterocycles. The molecule has 0 aromatic heterocycles. The SMILES string of the molecule is CCCOc1ccc(Oc2ccc(CNC)cc2Br)cc1. The Morgan fingerprint density at radius 1 is 1.05 bits per heavy atom. The molecular formula is C17H20BrNO2. The van der Waals surface area contributed by atoms with Crippen LogP contribution < -0.4 is 14.8 Å². The first-order valence-corrected chi connectivity index (χ1v) is 7.86. The molecule has 0 amide bonds. The van der Waals surface area contributed by atoms with Crippen LogP contribution >= 0.6 is 15.9 Å². The molecule has 2 aromatic carbocycles. The molecule has 0 radical (unpaired) electrons. The zero-order valence-corrected chi connectivity index (χ0v) is 13.9. The molecule has 0 saturated heterocycles. The Morgan fingerprint density at radius 3 is 2.38 bits per heavy atom. The number of halogens is 1. The summed E-state index contributed by atoms with van der Waals surface area (Å²) in [4.78, 5) is 0. The Morgan fingerprint density at radius 2 is 1.76 bits per heavy atom. The molecule has 0 saturated carbocycles. The number of rotatable bonds is 7. The highest BCUT2D eigenvalue weighted by Gasteiger charge is 2.04. The summed E-state index contributed by atoms with van der Waals surface area (Å²) in [6, 6.07) is 13.8. The quantitative estimate of drug-likeness (QED) is 0.782. The number of benzene rings is 2. The molecule has 0 aliphatic heterocycles. The zero-order chi connectivity index (χ0) is 15.1. The van der Waals surface area contributed by atoms with Gasteiger partial charge in [0.1, 0.15) is 17.2 Å². The van der Waals surface area contributed by atoms with E-state index in [9.17, 15) is 0 Å². The second-order valence-electron chi connectivity index (χ2n) is 4.72. The molecule has 3 nitrogen and oxygen atoms in total. The molecule has 0 bridgehead atoms. The van der Waals surface area contributed by atoms with Crippen LogP contribution in [0.25, 0.3) is 0 Å². The Kier molecular flexibility index (Phi) is 6.08. The van der Waals surface area contributed by atoms with E-state index in [-0.39, 0.29) is 0 Å². The van der Waals surface area contributed by atoms with Crippen LogP contribution in [0.15, 0.2) is 46.9 Å². The highest BCUT2D eigenvalue weighted by atomic mass is 79.9. The molecule has 112 valence electrons. The van der Waals surface area contributed by atoms with Crippen LogP contribution in [0.2, 0.25) is 0 Å². The van der Waals surface area contributed by atoms with E-state index in [1.54, 1.807) is 0 Å². The van der Waals surface area contributed by atoms with Crippen molar-refractivity contribution in [3.05, 3.63) is 52.5 Å². The smallest absolute Gasteiger partial charge is 0.141 e. The second kappa shape index (κ2) is 8.05. The van der Waals surface area contributed by atoms with Crippen molar-refractivity contribution in [3.8, 4) is 17.2 Å². The largest absolute Gasteiger partial charge is 0.494 e. The van der Waals surface area contributed by atoms with Crippen molar-refractivity contribution in [2.45, 2.75) is 19.9 Å². The van der Waals surface area contributed by atoms with Crippen LogP contribution in [0.5, 0.6) is 17.2 Å². The van der Waals surface area contributed by atoms with Gasteiger partial charge in [0, 0.05) is 6.54 Å². The summed E-state index contributed by atoms with van der Waals surface area (Å²) in [5.74, 6) is 2.46. The van der Waals surface area contributed by atoms with Crippen LogP contribution in [0.1, 0.15) is 18.9 Å². The van der Waals surface area contributed by atoms with Gasteiger partial charge in [0.2, 0.25) is 0 Å². The summed E-state index contributed by atoms with van der Waals surface area (Å²) in [5.41, 5.74) is 1.21. The van der Waals surface area contributed by atoms with Crippen LogP contribution in [-0.4, -0.2) is 13.7 Å². The maximum atomic E-state index is 5.88. The second-order valence-corrected chi connectivity index (χ2v) is 5.57. The van der Waals surface area contributed by atoms with Crippen molar-refractivity contribution in [1.82, 2.24) is 5.32 Å². The lowest BCUT2D eigenvalue weighted by atomic mass is 10.2. The van der Waals surface area contributed by atoms with Crippen molar-refractivity contribution >= 4 is 15.9 Å². The van der Waals surface area contributed by atoms with Crippen molar-refractivity contribution in [1.29, 1.82) is 0 Å². The molecule has 21 heavy (non-hydrogen) atoms. The highest BCUT2D eigenvalue weighted by molar-refractivity contribution is 9.10. The molecule has 2 rings (SSSR count). The number of hydrogen-bond acceptors (Lipinski definition) is 3. The van der Waals surface area contributed by atoms with Crippen molar-refractivity contribution in [3.63, 3.8) is 0 Å². The van der Waals surface area contributed by atoms with E-state index in [2.05, 4.69) is 40.3 Å². The van der Waals surface area contributed by atoms with Crippen molar-refractivity contribution in [2.24, 2.45) is 0 Å². The van der Waals surface area contributed by atoms with E-state index >= 15 is 0 Å². The lowest BCUT2D eigenvalue weighted by Crippen LogP contribution is -2.04. The maximum absolute atomic E-state index is 5.88. The van der Waals surface area contributed by atoms with Gasteiger partial charge in [-0.25, -0.2) is 0 Å². The minimum Gasteiger partial charge on any atom is -0.494 e. The fourth-order valence-corrected chi connectivity index (χ4v) is 2.40. The maximum Gasteiger partial charge on any atom is 0.141 e. The van der Waals surface area contributed by atoms with Crippen molar-refractivity contribution < 1.29 is 9.47 Å². The first-order valence-electron chi connectivity index (χ1n) is 7.06. The molecule has 0 aliphatic carbocycles. The van der Waals surface area contributed by atoms with Gasteiger partial charge in [-0.2, -0.15) is 0 Å². The number of nitrogens with one attached hydrogen (secondary N) is 1. The topological polar surface area (TPSA) is 30.5 Å². The van der Waals surface area contributed by atoms with Gasteiger partial charge < -0.3 is 14.8 Å². The van der Waals surface area contributed by atoms with E-state index in [0.29, 0.717) is 0 Å². The number of ether oxygens (including phenoxy) is 2. The molecule has 2 aromatic rings. The average molecular weight is 350 g/mol. The molecule has 0 unspecified atom stereocenters. The van der Waals surface area contributed by atoms with Gasteiger partial charge in [-0.1, -0.05) is 13.0 Å². The molecule has 4 heteroatoms. The van der Waals surface area contributed by atoms with Crippen LogP contribution in [0.4, 0.5) is 0 Å². The monoisotopic (exact) mass is 349 g/mol. The van der Waals surface area contributed by atoms with E-state index < -0.39 is 0 Å². The van der Waals surface area contributed by atoms with Gasteiger partial charge in [-0.15, -0.1) is 0 Å². The normalized spacial score (nSPS) is 10.4. The Balaban J connectivity index is 2.04. The van der Waals surface area contributed by atoms with Gasteiger partial charge >= 0.3 is 0 Å². The minimum absolute atomic E-state index is 0.735. The third-order valence-corrected chi connectivity index (χ3v) is 3.52. The molecule has 0 fully saturated rings. The Bertz CT molecular complexity index is 570. The predicted octanol–water partition coefficient (Wildman–Crippen LogP) is 4.75. The lowest BCUT2D eigenvalue weighted by molar-refractivity contribution is 0.317. The third-order valence-electron chi connectivity index (χ3n) is 2.90. The summed E-state index contributed by atoms with van der Waals surface area (Å²) in [6.07, 6.45) is 1.00. The average Bonchev–Trinajstić information content (AvgIpc) is 2.49.